The predicted octanol–water partition coefficient (Wildman–Crippen LogP) is 2.26. The summed E-state index contributed by atoms with van der Waals surface area (Å²) >= 11 is 0. The fourth-order valence-electron chi connectivity index (χ4n) is 5.91. The molecule has 0 aliphatic heterocycles. The van der Waals surface area contributed by atoms with Crippen molar-refractivity contribution < 1.29 is 95.7 Å². The minimum absolute atomic E-state index is 0. The van der Waals surface area contributed by atoms with Crippen molar-refractivity contribution in [1.82, 2.24) is 0 Å². The number of amides is 4. The molecule has 22 nitrogen and oxygen atoms in total. The fourth-order valence-corrected chi connectivity index (χ4v) is 5.91. The van der Waals surface area contributed by atoms with Crippen LogP contribution in [0, 0.1) is 20.2 Å². The maximum absolute atomic E-state index is 12.5. The molecule has 0 heterocycles. The van der Waals surface area contributed by atoms with Gasteiger partial charge in [0.2, 0.25) is 35.2 Å². The van der Waals surface area contributed by atoms with Crippen LogP contribution in [0.1, 0.15) is 49.9 Å². The summed E-state index contributed by atoms with van der Waals surface area (Å²) in [6.45, 7) is 5.00. The number of nitro benzene ring substituents is 2. The third-order valence-electron chi connectivity index (χ3n) is 8.39. The van der Waals surface area contributed by atoms with Crippen LogP contribution in [0.25, 0.3) is 12.2 Å². The molecule has 8 N–H and O–H groups in total. The molecule has 0 aromatic heterocycles. The summed E-state index contributed by atoms with van der Waals surface area (Å²) in [6.07, 6.45) is 5.72. The third kappa shape index (κ3) is 12.3. The van der Waals surface area contributed by atoms with E-state index in [4.69, 9.17) is 0 Å². The largest absolute Gasteiger partial charge is 1.00 e. The molecule has 4 aromatic carbocycles. The van der Waals surface area contributed by atoms with Crippen molar-refractivity contribution in [3.05, 3.63) is 115 Å². The van der Waals surface area contributed by atoms with Gasteiger partial charge in [0.25, 0.3) is 11.4 Å². The van der Waals surface area contributed by atoms with E-state index >= 15 is 0 Å². The van der Waals surface area contributed by atoms with E-state index in [1.165, 1.54) is 39.8 Å². The number of carbonyl (C=O) groups excluding carboxylic acids is 6. The molecule has 2 aliphatic carbocycles. The van der Waals surface area contributed by atoms with E-state index in [1.807, 2.05) is 0 Å². The van der Waals surface area contributed by atoms with Crippen LogP contribution < -0.4 is 61.7 Å². The average Bonchev–Trinajstić information content (AvgIpc) is 3.19. The normalized spacial score (nSPS) is 13.1. The zero-order valence-corrected chi connectivity index (χ0v) is 37.5. The Bertz CT molecular complexity index is 2570. The van der Waals surface area contributed by atoms with Crippen LogP contribution in [0.5, 0.6) is 11.5 Å². The monoisotopic (exact) mass is 921 g/mol. The topological polar surface area (TPSA) is 326 Å². The van der Waals surface area contributed by atoms with Gasteiger partial charge >= 0.3 is 29.6 Å². The Morgan fingerprint density at radius 3 is 1.16 bits per heavy atom. The van der Waals surface area contributed by atoms with Gasteiger partial charge in [-0.25, -0.2) is 0 Å². The first-order valence-electron chi connectivity index (χ1n) is 17.9. The number of aromatic hydroxyl groups is 2. The van der Waals surface area contributed by atoms with Gasteiger partial charge in [0.15, 0.2) is 11.5 Å². The summed E-state index contributed by atoms with van der Waals surface area (Å²) in [5.74, 6) is -3.75. The van der Waals surface area contributed by atoms with E-state index in [0.717, 1.165) is 24.3 Å². The number of hydrogen-bond acceptors (Lipinski definition) is 16. The number of fused-ring (bicyclic) bond motifs is 2. The number of phenols is 2. The Hall–Kier alpha value is -7.55. The summed E-state index contributed by atoms with van der Waals surface area (Å²) in [5.41, 5.74) is 5.78. The number of carbonyl (C=O) groups is 6. The van der Waals surface area contributed by atoms with Crippen molar-refractivity contribution in [2.45, 2.75) is 27.7 Å². The average molecular weight is 922 g/mol. The Kier molecular flexibility index (Phi) is 17.5. The van der Waals surface area contributed by atoms with Gasteiger partial charge in [-0.2, -0.15) is 10.2 Å². The number of allylic oxidation sites excluding steroid dienone is 2. The molecule has 0 atom stereocenters. The fraction of sp³-hybridized carbons (Fsp3) is 0.100. The van der Waals surface area contributed by atoms with Crippen molar-refractivity contribution in [2.24, 2.45) is 10.2 Å². The summed E-state index contributed by atoms with van der Waals surface area (Å²) in [7, 11) is 0. The second-order valence-electron chi connectivity index (χ2n) is 13.1. The van der Waals surface area contributed by atoms with Crippen molar-refractivity contribution >= 4 is 104 Å². The molecule has 4 aromatic rings. The first-order valence-corrected chi connectivity index (χ1v) is 17.9. The maximum atomic E-state index is 12.5. The van der Waals surface area contributed by atoms with Crippen LogP contribution in [0.3, 0.4) is 0 Å². The summed E-state index contributed by atoms with van der Waals surface area (Å²) < 4.78 is 0. The molecule has 64 heavy (non-hydrogen) atoms. The minimum atomic E-state index is -0.707. The molecule has 6 rings (SSSR count). The second kappa shape index (κ2) is 22.0. The molecule has 0 saturated heterocycles. The van der Waals surface area contributed by atoms with Gasteiger partial charge in [-0.3, -0.25) is 59.8 Å². The quantitative estimate of drug-likeness (QED) is 0.0490. The van der Waals surface area contributed by atoms with Gasteiger partial charge < -0.3 is 31.5 Å². The zero-order chi connectivity index (χ0) is 45.4. The third-order valence-corrected chi connectivity index (χ3v) is 8.39. The van der Waals surface area contributed by atoms with E-state index in [1.54, 1.807) is 48.6 Å². The van der Waals surface area contributed by atoms with Crippen LogP contribution in [0.4, 0.5) is 45.5 Å². The molecule has 322 valence electrons. The minimum Gasteiger partial charge on any atom is -0.504 e. The molecule has 0 fully saturated rings. The van der Waals surface area contributed by atoms with Crippen LogP contribution in [0.2, 0.25) is 0 Å². The Morgan fingerprint density at radius 1 is 0.531 bits per heavy atom. The molecule has 0 saturated carbocycles. The van der Waals surface area contributed by atoms with Crippen LogP contribution in [-0.4, -0.2) is 66.7 Å². The summed E-state index contributed by atoms with van der Waals surface area (Å²) in [4.78, 5) is 91.8. The molecule has 0 spiro atoms. The second-order valence-corrected chi connectivity index (χ2v) is 13.1. The number of non-ortho nitro benzene ring substituents is 2. The van der Waals surface area contributed by atoms with E-state index in [9.17, 15) is 59.2 Å². The number of hydrazone groups is 2. The molecular formula is C40H34CrN10NaO12+. The molecule has 24 heteroatoms. The van der Waals surface area contributed by atoms with E-state index in [2.05, 4.69) is 42.3 Å². The van der Waals surface area contributed by atoms with Crippen molar-refractivity contribution in [3.63, 3.8) is 0 Å². The van der Waals surface area contributed by atoms with Gasteiger partial charge in [0, 0.05) is 80.4 Å². The number of hydrogen-bond donors (Lipinski definition) is 8. The van der Waals surface area contributed by atoms with Crippen molar-refractivity contribution in [3.8, 4) is 11.5 Å². The van der Waals surface area contributed by atoms with Crippen molar-refractivity contribution in [1.29, 1.82) is 0 Å². The van der Waals surface area contributed by atoms with Gasteiger partial charge in [-0.15, -0.1) is 0 Å². The molecular weight excluding hydrogens is 887 g/mol. The van der Waals surface area contributed by atoms with Gasteiger partial charge in [0.1, 0.15) is 22.8 Å². The van der Waals surface area contributed by atoms with Gasteiger partial charge in [-0.05, 0) is 35.4 Å². The molecule has 0 unspecified atom stereocenters. The number of benzene rings is 4. The van der Waals surface area contributed by atoms with Gasteiger partial charge in [-0.1, -0.05) is 36.4 Å². The predicted molar refractivity (Wildman–Crippen MR) is 228 cm³/mol. The number of anilines is 6. The maximum Gasteiger partial charge on any atom is 1.00 e. The van der Waals surface area contributed by atoms with Crippen LogP contribution in [-0.2, 0) is 46.1 Å². The number of nitrogens with zero attached hydrogens (tertiary/aromatic N) is 4. The number of nitrogens with one attached hydrogen (secondary N) is 6. The standard InChI is InChI=1S/2C20H17N5O6.Cr.Na/c2*1-10(26)21-14-5-3-4-12-6-7-17(28)19(18(12)14)24-23-16-9-13(25(30)31)8-15(20(16)29)22-11(2)27;;/h2*3-9,23,29H,1-2H3,(H,21,26)(H,22,27);;/q;;;+1/b2*24-19+;;. The number of nitro groups is 2. The number of phenolic OH excluding ortho intramolecular Hbond substituents is 2. The zero-order valence-electron chi connectivity index (χ0n) is 34.3. The molecule has 0 bridgehead atoms. The van der Waals surface area contributed by atoms with Gasteiger partial charge in [0.05, 0.1) is 32.6 Å². The first-order chi connectivity index (χ1) is 29.3. The molecule has 0 radical (unpaired) electrons. The first kappa shape index (κ1) is 50.8. The van der Waals surface area contributed by atoms with Crippen molar-refractivity contribution in [2.75, 3.05) is 32.1 Å². The van der Waals surface area contributed by atoms with E-state index in [-0.39, 0.29) is 92.9 Å². The van der Waals surface area contributed by atoms with Crippen LogP contribution >= 0.6 is 0 Å². The van der Waals surface area contributed by atoms with E-state index in [0.29, 0.717) is 33.6 Å². The molecule has 4 amide bonds. The Labute approximate surface area is 394 Å². The summed E-state index contributed by atoms with van der Waals surface area (Å²) in [6, 6.07) is 14.0. The van der Waals surface area contributed by atoms with E-state index < -0.39 is 56.1 Å². The number of rotatable bonds is 10. The van der Waals surface area contributed by atoms with Crippen LogP contribution in [0.15, 0.2) is 83.0 Å². The SMILES string of the molecule is CC(=O)Nc1cc([N+](=O)[O-])cc(N/N=C2\C(=O)C=Cc3cccc(NC(C)=O)c32)c1O.CC(=O)Nc1cc([N+](=O)[O-])cc(N/N=C2\C(=O)C=Cc3cccc(NC(C)=O)c32)c1O.[Cr].[Na+]. The Balaban J connectivity index is 0.000000330. The summed E-state index contributed by atoms with van der Waals surface area (Å²) in [5, 5.41) is 61.1. The smallest absolute Gasteiger partial charge is 0.504 e. The Morgan fingerprint density at radius 2 is 0.844 bits per heavy atom. The number of ketones is 2. The molecule has 2 aliphatic rings.